The quantitative estimate of drug-likeness (QED) is 0.636. The van der Waals surface area contributed by atoms with E-state index in [2.05, 4.69) is 26.9 Å². The molecule has 3 N–H and O–H groups in total. The number of ether oxygens (including phenoxy) is 1. The summed E-state index contributed by atoms with van der Waals surface area (Å²) in [6.07, 6.45) is -1.17. The van der Waals surface area contributed by atoms with Crippen LogP contribution in [0.15, 0.2) is 29.3 Å². The minimum atomic E-state index is -4.69. The number of alkyl halides is 3. The van der Waals surface area contributed by atoms with Gasteiger partial charge in [-0.3, -0.25) is 9.89 Å². The fourth-order valence-electron chi connectivity index (χ4n) is 2.81. The first-order valence-corrected chi connectivity index (χ1v) is 8.04. The third-order valence-electron chi connectivity index (χ3n) is 3.99. The highest BCUT2D eigenvalue weighted by molar-refractivity contribution is 5.92. The first-order valence-electron chi connectivity index (χ1n) is 8.04. The van der Waals surface area contributed by atoms with Crippen LogP contribution in [0.25, 0.3) is 0 Å². The first kappa shape index (κ1) is 18.4. The molecule has 1 saturated heterocycles. The van der Waals surface area contributed by atoms with E-state index < -0.39 is 6.36 Å². The summed E-state index contributed by atoms with van der Waals surface area (Å²) >= 11 is 0. The van der Waals surface area contributed by atoms with E-state index in [-0.39, 0.29) is 11.7 Å². The Morgan fingerprint density at radius 1 is 1.33 bits per heavy atom. The zero-order valence-electron chi connectivity index (χ0n) is 13.6. The molecule has 24 heavy (non-hydrogen) atoms. The second-order valence-electron chi connectivity index (χ2n) is 5.70. The summed E-state index contributed by atoms with van der Waals surface area (Å²) in [5, 5.41) is 2.88. The van der Waals surface area contributed by atoms with Gasteiger partial charge in [-0.2, -0.15) is 0 Å². The molecule has 0 amide bonds. The number of rotatable bonds is 5. The van der Waals surface area contributed by atoms with Crippen LogP contribution in [0.3, 0.4) is 0 Å². The molecule has 1 aliphatic rings. The van der Waals surface area contributed by atoms with Gasteiger partial charge in [0.1, 0.15) is 5.75 Å². The average Bonchev–Trinajstić information content (AvgIpc) is 2.53. The molecule has 1 atom stereocenters. The Bertz CT molecular complexity index is 545. The number of guanidine groups is 1. The SMILES string of the molecule is CCN1CCCCC1CN=C(N)Nc1ccc(OC(F)(F)F)cc1. The Labute approximate surface area is 139 Å². The fraction of sp³-hybridized carbons (Fsp3) is 0.562. The van der Waals surface area contributed by atoms with Crippen molar-refractivity contribution in [3.63, 3.8) is 0 Å². The van der Waals surface area contributed by atoms with E-state index >= 15 is 0 Å². The van der Waals surface area contributed by atoms with Crippen LogP contribution in [0.4, 0.5) is 18.9 Å². The smallest absolute Gasteiger partial charge is 0.406 e. The predicted molar refractivity (Wildman–Crippen MR) is 88.1 cm³/mol. The molecule has 1 aromatic carbocycles. The van der Waals surface area contributed by atoms with Crippen molar-refractivity contribution in [2.45, 2.75) is 38.6 Å². The Morgan fingerprint density at radius 2 is 2.04 bits per heavy atom. The minimum Gasteiger partial charge on any atom is -0.406 e. The number of anilines is 1. The lowest BCUT2D eigenvalue weighted by atomic mass is 10.0. The lowest BCUT2D eigenvalue weighted by Gasteiger charge is -2.33. The average molecular weight is 344 g/mol. The van der Waals surface area contributed by atoms with Crippen molar-refractivity contribution >= 4 is 11.6 Å². The van der Waals surface area contributed by atoms with Crippen LogP contribution < -0.4 is 15.8 Å². The molecule has 1 aliphatic heterocycles. The number of nitrogens with one attached hydrogen (secondary N) is 1. The topological polar surface area (TPSA) is 62.9 Å². The van der Waals surface area contributed by atoms with Gasteiger partial charge >= 0.3 is 6.36 Å². The summed E-state index contributed by atoms with van der Waals surface area (Å²) in [6, 6.07) is 5.77. The molecule has 1 aromatic rings. The van der Waals surface area contributed by atoms with Gasteiger partial charge in [-0.05, 0) is 50.2 Å². The van der Waals surface area contributed by atoms with Crippen LogP contribution >= 0.6 is 0 Å². The summed E-state index contributed by atoms with van der Waals surface area (Å²) in [7, 11) is 0. The highest BCUT2D eigenvalue weighted by Crippen LogP contribution is 2.24. The van der Waals surface area contributed by atoms with Crippen molar-refractivity contribution in [3.05, 3.63) is 24.3 Å². The van der Waals surface area contributed by atoms with Gasteiger partial charge in [-0.25, -0.2) is 0 Å². The van der Waals surface area contributed by atoms with Gasteiger partial charge in [0.2, 0.25) is 0 Å². The molecule has 134 valence electrons. The number of halogens is 3. The van der Waals surface area contributed by atoms with Crippen molar-refractivity contribution in [1.82, 2.24) is 4.90 Å². The summed E-state index contributed by atoms with van der Waals surface area (Å²) in [6.45, 7) is 4.83. The molecule has 1 heterocycles. The molecule has 1 unspecified atom stereocenters. The molecule has 5 nitrogen and oxygen atoms in total. The standard InChI is InChI=1S/C16H23F3N4O/c1-2-23-10-4-3-5-13(23)11-21-15(20)22-12-6-8-14(9-7-12)24-16(17,18)19/h6-9,13H,2-5,10-11H2,1H3,(H3,20,21,22). The molecule has 0 radical (unpaired) electrons. The van der Waals surface area contributed by atoms with Crippen LogP contribution in [0.1, 0.15) is 26.2 Å². The number of nitrogens with zero attached hydrogens (tertiary/aromatic N) is 2. The van der Waals surface area contributed by atoms with Crippen molar-refractivity contribution in [2.24, 2.45) is 10.7 Å². The summed E-state index contributed by atoms with van der Waals surface area (Å²) in [5.41, 5.74) is 6.42. The molecule has 0 spiro atoms. The second kappa shape index (κ2) is 8.23. The lowest BCUT2D eigenvalue weighted by Crippen LogP contribution is -2.41. The molecule has 0 aromatic heterocycles. The summed E-state index contributed by atoms with van der Waals surface area (Å²) in [4.78, 5) is 6.75. The fourth-order valence-corrected chi connectivity index (χ4v) is 2.81. The monoisotopic (exact) mass is 344 g/mol. The predicted octanol–water partition coefficient (Wildman–Crippen LogP) is 3.19. The van der Waals surface area contributed by atoms with Crippen LogP contribution in [0, 0.1) is 0 Å². The van der Waals surface area contributed by atoms with Gasteiger partial charge in [0.15, 0.2) is 5.96 Å². The molecule has 0 bridgehead atoms. The van der Waals surface area contributed by atoms with Gasteiger partial charge in [-0.1, -0.05) is 13.3 Å². The molecule has 0 saturated carbocycles. The van der Waals surface area contributed by atoms with Crippen molar-refractivity contribution in [3.8, 4) is 5.75 Å². The van der Waals surface area contributed by atoms with Gasteiger partial charge in [0.25, 0.3) is 0 Å². The van der Waals surface area contributed by atoms with E-state index in [0.29, 0.717) is 18.3 Å². The van der Waals surface area contributed by atoms with E-state index in [4.69, 9.17) is 5.73 Å². The van der Waals surface area contributed by atoms with E-state index in [1.165, 1.54) is 37.1 Å². The number of likely N-dealkylation sites (tertiary alicyclic amines) is 1. The maximum atomic E-state index is 12.1. The van der Waals surface area contributed by atoms with Crippen LogP contribution in [-0.4, -0.2) is 42.9 Å². The van der Waals surface area contributed by atoms with Crippen molar-refractivity contribution in [2.75, 3.05) is 25.0 Å². The number of piperidine rings is 1. The van der Waals surface area contributed by atoms with Crippen LogP contribution in [0.5, 0.6) is 5.75 Å². The number of hydrogen-bond donors (Lipinski definition) is 2. The molecular weight excluding hydrogens is 321 g/mol. The van der Waals surface area contributed by atoms with Crippen LogP contribution in [0.2, 0.25) is 0 Å². The highest BCUT2D eigenvalue weighted by Gasteiger charge is 2.30. The Hall–Kier alpha value is -1.96. The van der Waals surface area contributed by atoms with Gasteiger partial charge in [-0.15, -0.1) is 13.2 Å². The van der Waals surface area contributed by atoms with Crippen LogP contribution in [-0.2, 0) is 0 Å². The summed E-state index contributed by atoms with van der Waals surface area (Å²) < 4.78 is 40.1. The molecule has 2 rings (SSSR count). The maximum absolute atomic E-state index is 12.1. The second-order valence-corrected chi connectivity index (χ2v) is 5.70. The Balaban J connectivity index is 1.88. The highest BCUT2D eigenvalue weighted by atomic mass is 19.4. The van der Waals surface area contributed by atoms with Gasteiger partial charge in [0.05, 0.1) is 6.54 Å². The molecule has 8 heteroatoms. The zero-order valence-corrected chi connectivity index (χ0v) is 13.6. The number of hydrogen-bond acceptors (Lipinski definition) is 3. The lowest BCUT2D eigenvalue weighted by molar-refractivity contribution is -0.274. The van der Waals surface area contributed by atoms with E-state index in [0.717, 1.165) is 19.5 Å². The normalized spacial score (nSPS) is 20.0. The number of likely N-dealkylation sites (N-methyl/N-ethyl adjacent to an activating group) is 1. The zero-order chi connectivity index (χ0) is 17.6. The van der Waals surface area contributed by atoms with E-state index in [9.17, 15) is 13.2 Å². The number of nitrogens with two attached hydrogens (primary N) is 1. The first-order chi connectivity index (χ1) is 11.4. The van der Waals surface area contributed by atoms with E-state index in [1.807, 2.05) is 0 Å². The van der Waals surface area contributed by atoms with Gasteiger partial charge in [0, 0.05) is 11.7 Å². The van der Waals surface area contributed by atoms with Crippen molar-refractivity contribution < 1.29 is 17.9 Å². The van der Waals surface area contributed by atoms with Gasteiger partial charge < -0.3 is 15.8 Å². The Morgan fingerprint density at radius 3 is 2.67 bits per heavy atom. The molecule has 1 fully saturated rings. The molecule has 0 aliphatic carbocycles. The third kappa shape index (κ3) is 5.92. The van der Waals surface area contributed by atoms with E-state index in [1.54, 1.807) is 0 Å². The Kier molecular flexibility index (Phi) is 6.30. The maximum Gasteiger partial charge on any atom is 0.573 e. The molecular formula is C16H23F3N4O. The largest absolute Gasteiger partial charge is 0.573 e. The number of aliphatic imine (C=N–C) groups is 1. The number of benzene rings is 1. The summed E-state index contributed by atoms with van der Waals surface area (Å²) in [5.74, 6) is -0.0227. The van der Waals surface area contributed by atoms with Crippen molar-refractivity contribution in [1.29, 1.82) is 0 Å². The third-order valence-corrected chi connectivity index (χ3v) is 3.99. The minimum absolute atomic E-state index is 0.251.